The van der Waals surface area contributed by atoms with Crippen LogP contribution in [-0.2, 0) is 0 Å². The Bertz CT molecular complexity index is 444. The molecular weight excluding hydrogens is 278 g/mol. The Morgan fingerprint density at radius 3 is 2.79 bits per heavy atom. The molecule has 104 valence electrons. The largest absolute Gasteiger partial charge is 0.370 e. The van der Waals surface area contributed by atoms with Gasteiger partial charge in [-0.15, -0.1) is 0 Å². The van der Waals surface area contributed by atoms with Gasteiger partial charge in [0.15, 0.2) is 5.11 Å². The number of nitrogens with one attached hydrogen (secondary N) is 2. The van der Waals surface area contributed by atoms with E-state index in [1.807, 2.05) is 12.1 Å². The van der Waals surface area contributed by atoms with Gasteiger partial charge in [0, 0.05) is 24.7 Å². The van der Waals surface area contributed by atoms with Gasteiger partial charge < -0.3 is 15.5 Å². The molecular formula is C14H20ClN3S. The van der Waals surface area contributed by atoms with Crippen molar-refractivity contribution in [3.8, 4) is 0 Å². The summed E-state index contributed by atoms with van der Waals surface area (Å²) in [4.78, 5) is 2.38. The SMILES string of the molecule is CCCNC(=S)Nc1cc(Cl)ccc1N1CCCC1. The van der Waals surface area contributed by atoms with Gasteiger partial charge in [0.2, 0.25) is 0 Å². The summed E-state index contributed by atoms with van der Waals surface area (Å²) >= 11 is 11.4. The Labute approximate surface area is 125 Å². The molecule has 5 heteroatoms. The summed E-state index contributed by atoms with van der Waals surface area (Å²) in [6.45, 7) is 5.20. The number of benzene rings is 1. The van der Waals surface area contributed by atoms with Crippen LogP contribution in [0.2, 0.25) is 5.02 Å². The molecule has 0 radical (unpaired) electrons. The van der Waals surface area contributed by atoms with Gasteiger partial charge in [0.25, 0.3) is 0 Å². The minimum atomic E-state index is 0.657. The van der Waals surface area contributed by atoms with E-state index in [9.17, 15) is 0 Å². The highest BCUT2D eigenvalue weighted by Crippen LogP contribution is 2.31. The zero-order valence-corrected chi connectivity index (χ0v) is 12.8. The Morgan fingerprint density at radius 2 is 2.11 bits per heavy atom. The molecule has 1 aliphatic heterocycles. The maximum Gasteiger partial charge on any atom is 0.170 e. The Morgan fingerprint density at radius 1 is 1.37 bits per heavy atom. The summed E-state index contributed by atoms with van der Waals surface area (Å²) in [6, 6.07) is 5.94. The molecule has 2 rings (SSSR count). The van der Waals surface area contributed by atoms with Crippen LogP contribution in [0.5, 0.6) is 0 Å². The lowest BCUT2D eigenvalue weighted by molar-refractivity contribution is 0.846. The van der Waals surface area contributed by atoms with Crippen molar-refractivity contribution in [1.82, 2.24) is 5.32 Å². The molecule has 1 aromatic rings. The van der Waals surface area contributed by atoms with Crippen molar-refractivity contribution in [3.63, 3.8) is 0 Å². The van der Waals surface area contributed by atoms with Crippen molar-refractivity contribution in [3.05, 3.63) is 23.2 Å². The molecule has 0 atom stereocenters. The fourth-order valence-electron chi connectivity index (χ4n) is 2.25. The maximum absolute atomic E-state index is 6.09. The van der Waals surface area contributed by atoms with E-state index in [1.54, 1.807) is 0 Å². The summed E-state index contributed by atoms with van der Waals surface area (Å²) in [5, 5.41) is 7.82. The van der Waals surface area contributed by atoms with Crippen LogP contribution in [0.3, 0.4) is 0 Å². The van der Waals surface area contributed by atoms with Crippen LogP contribution in [0.15, 0.2) is 18.2 Å². The lowest BCUT2D eigenvalue weighted by atomic mass is 10.2. The van der Waals surface area contributed by atoms with Crippen molar-refractivity contribution in [2.24, 2.45) is 0 Å². The summed E-state index contributed by atoms with van der Waals surface area (Å²) < 4.78 is 0. The molecule has 0 bridgehead atoms. The first-order chi connectivity index (χ1) is 9.20. The average Bonchev–Trinajstić information content (AvgIpc) is 2.90. The van der Waals surface area contributed by atoms with E-state index in [2.05, 4.69) is 28.5 Å². The number of thiocarbonyl (C=S) groups is 1. The van der Waals surface area contributed by atoms with Crippen molar-refractivity contribution >= 4 is 40.3 Å². The fraction of sp³-hybridized carbons (Fsp3) is 0.500. The molecule has 19 heavy (non-hydrogen) atoms. The molecule has 3 nitrogen and oxygen atoms in total. The van der Waals surface area contributed by atoms with Crippen LogP contribution < -0.4 is 15.5 Å². The fourth-order valence-corrected chi connectivity index (χ4v) is 2.63. The van der Waals surface area contributed by atoms with Gasteiger partial charge >= 0.3 is 0 Å². The van der Waals surface area contributed by atoms with E-state index >= 15 is 0 Å². The van der Waals surface area contributed by atoms with Gasteiger partial charge in [-0.3, -0.25) is 0 Å². The molecule has 1 saturated heterocycles. The first-order valence-corrected chi connectivity index (χ1v) is 7.58. The average molecular weight is 298 g/mol. The first kappa shape index (κ1) is 14.4. The number of anilines is 2. The molecule has 0 spiro atoms. The molecule has 1 fully saturated rings. The lowest BCUT2D eigenvalue weighted by Crippen LogP contribution is -2.30. The Hall–Kier alpha value is -1.00. The van der Waals surface area contributed by atoms with Crippen LogP contribution in [0.4, 0.5) is 11.4 Å². The highest BCUT2D eigenvalue weighted by molar-refractivity contribution is 7.80. The minimum absolute atomic E-state index is 0.657. The summed E-state index contributed by atoms with van der Waals surface area (Å²) in [5.41, 5.74) is 2.17. The first-order valence-electron chi connectivity index (χ1n) is 6.80. The van der Waals surface area contributed by atoms with Gasteiger partial charge in [-0.1, -0.05) is 18.5 Å². The summed E-state index contributed by atoms with van der Waals surface area (Å²) in [5.74, 6) is 0. The van der Waals surface area contributed by atoms with Crippen molar-refractivity contribution < 1.29 is 0 Å². The molecule has 0 amide bonds. The quantitative estimate of drug-likeness (QED) is 0.830. The van der Waals surface area contributed by atoms with Gasteiger partial charge in [-0.2, -0.15) is 0 Å². The number of nitrogens with zero attached hydrogens (tertiary/aromatic N) is 1. The Kier molecular flexibility index (Phi) is 5.28. The Balaban J connectivity index is 2.12. The zero-order chi connectivity index (χ0) is 13.7. The number of hydrogen-bond donors (Lipinski definition) is 2. The van der Waals surface area contributed by atoms with Gasteiger partial charge in [-0.05, 0) is 49.7 Å². The highest BCUT2D eigenvalue weighted by atomic mass is 35.5. The van der Waals surface area contributed by atoms with E-state index in [-0.39, 0.29) is 0 Å². The van der Waals surface area contributed by atoms with Crippen LogP contribution in [-0.4, -0.2) is 24.7 Å². The van der Waals surface area contributed by atoms with Crippen LogP contribution in [0.25, 0.3) is 0 Å². The van der Waals surface area contributed by atoms with Crippen LogP contribution in [0.1, 0.15) is 26.2 Å². The second-order valence-corrected chi connectivity index (χ2v) is 5.58. The maximum atomic E-state index is 6.09. The lowest BCUT2D eigenvalue weighted by Gasteiger charge is -2.22. The van der Waals surface area contributed by atoms with E-state index < -0.39 is 0 Å². The normalized spacial score (nSPS) is 14.5. The van der Waals surface area contributed by atoms with E-state index in [1.165, 1.54) is 18.5 Å². The number of rotatable bonds is 4. The van der Waals surface area contributed by atoms with Gasteiger partial charge in [-0.25, -0.2) is 0 Å². The molecule has 1 aromatic carbocycles. The third-order valence-electron chi connectivity index (χ3n) is 3.19. The second kappa shape index (κ2) is 6.96. The molecule has 0 unspecified atom stereocenters. The van der Waals surface area contributed by atoms with Crippen molar-refractivity contribution in [2.75, 3.05) is 29.9 Å². The molecule has 2 N–H and O–H groups in total. The predicted octanol–water partition coefficient (Wildman–Crippen LogP) is 3.64. The smallest absolute Gasteiger partial charge is 0.170 e. The third-order valence-corrected chi connectivity index (χ3v) is 3.67. The topological polar surface area (TPSA) is 27.3 Å². The monoisotopic (exact) mass is 297 g/mol. The summed E-state index contributed by atoms with van der Waals surface area (Å²) in [6.07, 6.45) is 3.55. The van der Waals surface area contributed by atoms with Crippen LogP contribution in [0, 0.1) is 0 Å². The van der Waals surface area contributed by atoms with E-state index in [0.29, 0.717) is 5.11 Å². The summed E-state index contributed by atoms with van der Waals surface area (Å²) in [7, 11) is 0. The third kappa shape index (κ3) is 3.98. The molecule has 0 aliphatic carbocycles. The van der Waals surface area contributed by atoms with Gasteiger partial charge in [0.1, 0.15) is 0 Å². The molecule has 1 aliphatic rings. The van der Waals surface area contributed by atoms with E-state index in [0.717, 1.165) is 36.8 Å². The highest BCUT2D eigenvalue weighted by Gasteiger charge is 2.16. The van der Waals surface area contributed by atoms with E-state index in [4.69, 9.17) is 23.8 Å². The predicted molar refractivity (Wildman–Crippen MR) is 87.4 cm³/mol. The van der Waals surface area contributed by atoms with Crippen molar-refractivity contribution in [1.29, 1.82) is 0 Å². The molecule has 0 aromatic heterocycles. The molecule has 1 heterocycles. The van der Waals surface area contributed by atoms with Gasteiger partial charge in [0.05, 0.1) is 11.4 Å². The molecule has 0 saturated carbocycles. The number of halogens is 1. The second-order valence-electron chi connectivity index (χ2n) is 4.74. The minimum Gasteiger partial charge on any atom is -0.370 e. The zero-order valence-electron chi connectivity index (χ0n) is 11.2. The van der Waals surface area contributed by atoms with Crippen LogP contribution >= 0.6 is 23.8 Å². The standard InChI is InChI=1S/C14H20ClN3S/c1-2-7-16-14(19)17-12-10-11(15)5-6-13(12)18-8-3-4-9-18/h5-6,10H,2-4,7-9H2,1H3,(H2,16,17,19). The van der Waals surface area contributed by atoms with Crippen molar-refractivity contribution in [2.45, 2.75) is 26.2 Å². The number of hydrogen-bond acceptors (Lipinski definition) is 2.